The highest BCUT2D eigenvalue weighted by atomic mass is 16.1. The lowest BCUT2D eigenvalue weighted by Gasteiger charge is -2.05. The highest BCUT2D eigenvalue weighted by Crippen LogP contribution is 2.12. The van der Waals surface area contributed by atoms with E-state index in [1.54, 1.807) is 35.5 Å². The van der Waals surface area contributed by atoms with Crippen LogP contribution in [0.4, 0.5) is 5.95 Å². The number of rotatable bonds is 3. The second kappa shape index (κ2) is 7.62. The Labute approximate surface area is 152 Å². The lowest BCUT2D eigenvalue weighted by Crippen LogP contribution is -2.14. The molecule has 6 heteroatoms. The van der Waals surface area contributed by atoms with Gasteiger partial charge in [-0.05, 0) is 50.6 Å². The minimum Gasteiger partial charge on any atom is -0.289 e. The summed E-state index contributed by atoms with van der Waals surface area (Å²) in [5.74, 6) is 6.18. The van der Waals surface area contributed by atoms with Crippen LogP contribution in [0.5, 0.6) is 0 Å². The molecule has 1 N–H and O–H groups in total. The number of aromatic nitrogens is 4. The molecule has 0 fully saturated rings. The monoisotopic (exact) mass is 345 g/mol. The van der Waals surface area contributed by atoms with Crippen LogP contribution in [-0.2, 0) is 0 Å². The maximum atomic E-state index is 12.5. The lowest BCUT2D eigenvalue weighted by atomic mass is 10.0. The zero-order valence-corrected chi connectivity index (χ0v) is 14.9. The van der Waals surface area contributed by atoms with Gasteiger partial charge in [0.25, 0.3) is 5.91 Å². The van der Waals surface area contributed by atoms with Crippen molar-refractivity contribution in [3.8, 4) is 11.8 Å². The number of aryl methyl sites for hydroxylation is 1. The molecule has 2 heterocycles. The molecule has 0 spiro atoms. The predicted octanol–water partition coefficient (Wildman–Crippen LogP) is 3.21. The third kappa shape index (κ3) is 4.14. The van der Waals surface area contributed by atoms with E-state index in [1.807, 2.05) is 39.0 Å². The summed E-state index contributed by atoms with van der Waals surface area (Å²) in [4.78, 5) is 20.6. The molecule has 1 amide bonds. The molecule has 26 heavy (non-hydrogen) atoms. The molecule has 0 radical (unpaired) electrons. The minimum atomic E-state index is -0.268. The van der Waals surface area contributed by atoms with Crippen LogP contribution in [-0.4, -0.2) is 25.7 Å². The summed E-state index contributed by atoms with van der Waals surface area (Å²) in [5, 5.41) is 6.94. The maximum absolute atomic E-state index is 12.5. The van der Waals surface area contributed by atoms with Crippen LogP contribution in [0.25, 0.3) is 0 Å². The van der Waals surface area contributed by atoms with Gasteiger partial charge in [0.15, 0.2) is 0 Å². The van der Waals surface area contributed by atoms with Gasteiger partial charge in [-0.1, -0.05) is 17.9 Å². The molecule has 0 aliphatic heterocycles. The van der Waals surface area contributed by atoms with Crippen LogP contribution >= 0.6 is 0 Å². The van der Waals surface area contributed by atoms with E-state index in [4.69, 9.17) is 0 Å². The van der Waals surface area contributed by atoms with Crippen molar-refractivity contribution < 1.29 is 4.79 Å². The quantitative estimate of drug-likeness (QED) is 0.740. The molecular weight excluding hydrogens is 326 g/mol. The van der Waals surface area contributed by atoms with Gasteiger partial charge in [-0.25, -0.2) is 9.67 Å². The van der Waals surface area contributed by atoms with Gasteiger partial charge in [-0.3, -0.25) is 15.1 Å². The Bertz CT molecular complexity index is 980. The van der Waals surface area contributed by atoms with Crippen molar-refractivity contribution in [2.24, 2.45) is 0 Å². The second-order valence-corrected chi connectivity index (χ2v) is 6.12. The Morgan fingerprint density at radius 2 is 2.08 bits per heavy atom. The molecule has 3 aromatic rings. The first-order chi connectivity index (χ1) is 12.5. The molecule has 0 saturated heterocycles. The molecule has 130 valence electrons. The zero-order valence-electron chi connectivity index (χ0n) is 14.9. The van der Waals surface area contributed by atoms with Gasteiger partial charge >= 0.3 is 0 Å². The number of carbonyl (C=O) groups excluding carboxylic acids is 1. The van der Waals surface area contributed by atoms with E-state index >= 15 is 0 Å². The Morgan fingerprint density at radius 3 is 2.77 bits per heavy atom. The molecule has 3 rings (SSSR count). The molecule has 0 bridgehead atoms. The van der Waals surface area contributed by atoms with Crippen LogP contribution in [0.15, 0.2) is 49.1 Å². The van der Waals surface area contributed by atoms with E-state index in [2.05, 4.69) is 32.2 Å². The molecule has 0 aliphatic rings. The number of amides is 1. The first kappa shape index (κ1) is 17.4. The normalized spacial score (nSPS) is 10.3. The van der Waals surface area contributed by atoms with Crippen LogP contribution in [0.2, 0.25) is 0 Å². The second-order valence-electron chi connectivity index (χ2n) is 6.12. The third-order valence-corrected chi connectivity index (χ3v) is 3.77. The fourth-order valence-electron chi connectivity index (χ4n) is 2.23. The van der Waals surface area contributed by atoms with Gasteiger partial charge in [0.05, 0.1) is 0 Å². The third-order valence-electron chi connectivity index (χ3n) is 3.77. The summed E-state index contributed by atoms with van der Waals surface area (Å²) in [5.41, 5.74) is 3.12. The van der Waals surface area contributed by atoms with Crippen molar-refractivity contribution in [2.75, 3.05) is 5.32 Å². The van der Waals surface area contributed by atoms with Crippen molar-refractivity contribution in [2.45, 2.75) is 26.8 Å². The highest BCUT2D eigenvalue weighted by molar-refractivity contribution is 6.03. The molecule has 0 atom stereocenters. The van der Waals surface area contributed by atoms with Crippen molar-refractivity contribution in [3.05, 3.63) is 71.3 Å². The topological polar surface area (TPSA) is 72.7 Å². The van der Waals surface area contributed by atoms with Crippen molar-refractivity contribution in [3.63, 3.8) is 0 Å². The molecule has 1 aromatic carbocycles. The molecule has 0 aliphatic carbocycles. The molecule has 0 unspecified atom stereocenters. The average molecular weight is 345 g/mol. The molecular formula is C20H19N5O. The van der Waals surface area contributed by atoms with Crippen LogP contribution in [0, 0.1) is 18.8 Å². The summed E-state index contributed by atoms with van der Waals surface area (Å²) < 4.78 is 1.69. The zero-order chi connectivity index (χ0) is 18.5. The predicted molar refractivity (Wildman–Crippen MR) is 99.8 cm³/mol. The SMILES string of the molecule is Cc1ccc(C(=O)Nc2ncn(C(C)C)n2)cc1C#Cc1cccnc1. The number of carbonyl (C=O) groups is 1. The number of hydrogen-bond acceptors (Lipinski definition) is 4. The van der Waals surface area contributed by atoms with Gasteiger partial charge in [-0.2, -0.15) is 0 Å². The summed E-state index contributed by atoms with van der Waals surface area (Å²) in [7, 11) is 0. The van der Waals surface area contributed by atoms with Crippen LogP contribution in [0.1, 0.15) is 46.9 Å². The Balaban J connectivity index is 1.80. The molecule has 6 nitrogen and oxygen atoms in total. The fourth-order valence-corrected chi connectivity index (χ4v) is 2.23. The van der Waals surface area contributed by atoms with Gasteiger partial charge in [0.1, 0.15) is 6.33 Å². The fraction of sp³-hybridized carbons (Fsp3) is 0.200. The van der Waals surface area contributed by atoms with Gasteiger partial charge < -0.3 is 0 Å². The van der Waals surface area contributed by atoms with Crippen molar-refractivity contribution in [1.29, 1.82) is 0 Å². The number of nitrogens with zero attached hydrogens (tertiary/aromatic N) is 4. The van der Waals surface area contributed by atoms with E-state index in [1.165, 1.54) is 0 Å². The maximum Gasteiger partial charge on any atom is 0.258 e. The first-order valence-corrected chi connectivity index (χ1v) is 8.28. The number of nitrogens with one attached hydrogen (secondary N) is 1. The summed E-state index contributed by atoms with van der Waals surface area (Å²) in [6.45, 7) is 5.95. The molecule has 0 saturated carbocycles. The van der Waals surface area contributed by atoms with E-state index in [-0.39, 0.29) is 17.9 Å². The number of pyridine rings is 1. The van der Waals surface area contributed by atoms with Crippen molar-refractivity contribution >= 4 is 11.9 Å². The van der Waals surface area contributed by atoms with E-state index in [0.717, 1.165) is 16.7 Å². The first-order valence-electron chi connectivity index (χ1n) is 8.28. The summed E-state index contributed by atoms with van der Waals surface area (Å²) in [6, 6.07) is 9.32. The smallest absolute Gasteiger partial charge is 0.258 e. The Morgan fingerprint density at radius 1 is 1.23 bits per heavy atom. The largest absolute Gasteiger partial charge is 0.289 e. The van der Waals surface area contributed by atoms with E-state index in [0.29, 0.717) is 5.56 Å². The van der Waals surface area contributed by atoms with E-state index in [9.17, 15) is 4.79 Å². The van der Waals surface area contributed by atoms with Gasteiger partial charge in [-0.15, -0.1) is 5.10 Å². The minimum absolute atomic E-state index is 0.182. The standard InChI is InChI=1S/C20H19N5O/c1-14(2)25-13-22-20(24-25)23-19(26)18-8-6-15(3)17(11-18)9-7-16-5-4-10-21-12-16/h4-6,8,10-14H,1-3H3,(H,23,24,26). The number of benzene rings is 1. The Hall–Kier alpha value is -3.46. The van der Waals surface area contributed by atoms with Gasteiger partial charge in [0, 0.05) is 35.1 Å². The molecule has 2 aromatic heterocycles. The van der Waals surface area contributed by atoms with Crippen LogP contribution < -0.4 is 5.32 Å². The lowest BCUT2D eigenvalue weighted by molar-refractivity contribution is 0.102. The highest BCUT2D eigenvalue weighted by Gasteiger charge is 2.11. The number of hydrogen-bond donors (Lipinski definition) is 1. The Kier molecular flexibility index (Phi) is 5.09. The van der Waals surface area contributed by atoms with Crippen molar-refractivity contribution in [1.82, 2.24) is 19.7 Å². The van der Waals surface area contributed by atoms with Crippen LogP contribution in [0.3, 0.4) is 0 Å². The van der Waals surface area contributed by atoms with Gasteiger partial charge in [0.2, 0.25) is 5.95 Å². The average Bonchev–Trinajstić information content (AvgIpc) is 3.10. The summed E-state index contributed by atoms with van der Waals surface area (Å²) in [6.07, 6.45) is 5.01. The summed E-state index contributed by atoms with van der Waals surface area (Å²) >= 11 is 0. The number of anilines is 1. The van der Waals surface area contributed by atoms with E-state index < -0.39 is 0 Å².